The molecule has 1 aliphatic rings. The van der Waals surface area contributed by atoms with E-state index in [0.717, 1.165) is 13.1 Å². The first kappa shape index (κ1) is 13.3. The molecule has 0 bridgehead atoms. The molecule has 1 fully saturated rings. The summed E-state index contributed by atoms with van der Waals surface area (Å²) in [5.41, 5.74) is 2.54. The van der Waals surface area contributed by atoms with Crippen molar-refractivity contribution in [3.63, 3.8) is 0 Å². The first-order valence-electron chi connectivity index (χ1n) is 7.36. The van der Waals surface area contributed by atoms with Crippen molar-refractivity contribution in [2.24, 2.45) is 5.92 Å². The van der Waals surface area contributed by atoms with Crippen LogP contribution in [0.3, 0.4) is 0 Å². The fraction of sp³-hybridized carbons (Fsp3) is 0.333. The van der Waals surface area contributed by atoms with Gasteiger partial charge in [0, 0.05) is 5.92 Å². The highest BCUT2D eigenvalue weighted by molar-refractivity contribution is 5.33. The minimum Gasteiger partial charge on any atom is -0.316 e. The summed E-state index contributed by atoms with van der Waals surface area (Å²) in [5.74, 6) is 0.767. The summed E-state index contributed by atoms with van der Waals surface area (Å²) >= 11 is 0. The summed E-state index contributed by atoms with van der Waals surface area (Å²) in [6.07, 6.45) is 2.44. The number of benzene rings is 2. The summed E-state index contributed by atoms with van der Waals surface area (Å²) < 4.78 is 13.2. The lowest BCUT2D eigenvalue weighted by molar-refractivity contribution is 0.346. The lowest BCUT2D eigenvalue weighted by Gasteiger charge is -2.31. The van der Waals surface area contributed by atoms with Crippen LogP contribution in [0.4, 0.5) is 4.39 Å². The topological polar surface area (TPSA) is 12.0 Å². The van der Waals surface area contributed by atoms with Crippen molar-refractivity contribution in [3.05, 3.63) is 71.5 Å². The monoisotopic (exact) mass is 269 g/mol. The van der Waals surface area contributed by atoms with Crippen LogP contribution < -0.4 is 5.32 Å². The molecule has 0 amide bonds. The van der Waals surface area contributed by atoms with E-state index in [1.165, 1.54) is 24.0 Å². The molecule has 2 aromatic rings. The van der Waals surface area contributed by atoms with Gasteiger partial charge in [-0.1, -0.05) is 42.5 Å². The van der Waals surface area contributed by atoms with Gasteiger partial charge < -0.3 is 5.32 Å². The molecule has 0 radical (unpaired) electrons. The third-order valence-electron chi connectivity index (χ3n) is 4.19. The van der Waals surface area contributed by atoms with Crippen LogP contribution in [0.1, 0.15) is 29.9 Å². The third-order valence-corrected chi connectivity index (χ3v) is 4.19. The van der Waals surface area contributed by atoms with Crippen molar-refractivity contribution in [3.8, 4) is 0 Å². The van der Waals surface area contributed by atoms with E-state index in [1.807, 2.05) is 18.2 Å². The van der Waals surface area contributed by atoms with Crippen LogP contribution in [0.15, 0.2) is 54.6 Å². The fourth-order valence-electron chi connectivity index (χ4n) is 3.23. The molecule has 0 spiro atoms. The van der Waals surface area contributed by atoms with Gasteiger partial charge in [-0.3, -0.25) is 0 Å². The van der Waals surface area contributed by atoms with Crippen molar-refractivity contribution >= 4 is 0 Å². The van der Waals surface area contributed by atoms with Crippen molar-refractivity contribution in [2.45, 2.75) is 18.8 Å². The second kappa shape index (κ2) is 6.19. The zero-order valence-electron chi connectivity index (χ0n) is 11.6. The number of piperidine rings is 1. The standard InChI is InChI=1S/C18H20FN/c19-17-10-8-15(9-11-17)18(14-5-2-1-3-6-14)16-7-4-12-20-13-16/h1-3,5-6,8-11,16,18,20H,4,7,12-13H2. The van der Waals surface area contributed by atoms with Crippen LogP contribution in [0.2, 0.25) is 0 Å². The quantitative estimate of drug-likeness (QED) is 0.889. The SMILES string of the molecule is Fc1ccc(C(c2ccccc2)C2CCCNC2)cc1. The predicted octanol–water partition coefficient (Wildman–Crippen LogP) is 3.96. The second-order valence-electron chi connectivity index (χ2n) is 5.55. The van der Waals surface area contributed by atoms with Gasteiger partial charge >= 0.3 is 0 Å². The van der Waals surface area contributed by atoms with E-state index in [0.29, 0.717) is 11.8 Å². The maximum Gasteiger partial charge on any atom is 0.123 e. The average molecular weight is 269 g/mol. The molecular weight excluding hydrogens is 249 g/mol. The molecule has 0 aliphatic carbocycles. The van der Waals surface area contributed by atoms with E-state index in [-0.39, 0.29) is 5.82 Å². The molecule has 1 saturated heterocycles. The summed E-state index contributed by atoms with van der Waals surface area (Å²) in [6, 6.07) is 17.6. The molecule has 3 rings (SSSR count). The first-order chi connectivity index (χ1) is 9.84. The van der Waals surface area contributed by atoms with Gasteiger partial charge in [-0.15, -0.1) is 0 Å². The lowest BCUT2D eigenvalue weighted by Crippen LogP contribution is -2.33. The Morgan fingerprint density at radius 3 is 2.30 bits per heavy atom. The average Bonchev–Trinajstić information content (AvgIpc) is 2.52. The van der Waals surface area contributed by atoms with Crippen molar-refractivity contribution < 1.29 is 4.39 Å². The summed E-state index contributed by atoms with van der Waals surface area (Å²) in [5, 5.41) is 3.49. The number of rotatable bonds is 3. The highest BCUT2D eigenvalue weighted by Crippen LogP contribution is 2.35. The van der Waals surface area contributed by atoms with Crippen LogP contribution in [-0.2, 0) is 0 Å². The second-order valence-corrected chi connectivity index (χ2v) is 5.55. The van der Waals surface area contributed by atoms with Crippen molar-refractivity contribution in [1.82, 2.24) is 5.32 Å². The minimum atomic E-state index is -0.165. The van der Waals surface area contributed by atoms with Gasteiger partial charge in [-0.05, 0) is 55.1 Å². The van der Waals surface area contributed by atoms with E-state index < -0.39 is 0 Å². The van der Waals surface area contributed by atoms with E-state index >= 15 is 0 Å². The van der Waals surface area contributed by atoms with Crippen LogP contribution in [0.25, 0.3) is 0 Å². The molecule has 20 heavy (non-hydrogen) atoms. The maximum absolute atomic E-state index is 13.2. The Morgan fingerprint density at radius 2 is 1.65 bits per heavy atom. The van der Waals surface area contributed by atoms with E-state index in [9.17, 15) is 4.39 Å². The normalized spacial score (nSPS) is 20.6. The predicted molar refractivity (Wildman–Crippen MR) is 80.3 cm³/mol. The molecule has 0 aromatic heterocycles. The van der Waals surface area contributed by atoms with Gasteiger partial charge in [0.15, 0.2) is 0 Å². The molecule has 2 aromatic carbocycles. The van der Waals surface area contributed by atoms with Crippen LogP contribution in [0, 0.1) is 11.7 Å². The Hall–Kier alpha value is -1.67. The molecule has 1 N–H and O–H groups in total. The first-order valence-corrected chi connectivity index (χ1v) is 7.36. The van der Waals surface area contributed by atoms with Crippen LogP contribution >= 0.6 is 0 Å². The minimum absolute atomic E-state index is 0.165. The summed E-state index contributed by atoms with van der Waals surface area (Å²) in [6.45, 7) is 2.15. The molecule has 2 unspecified atom stereocenters. The van der Waals surface area contributed by atoms with Crippen molar-refractivity contribution in [1.29, 1.82) is 0 Å². The molecular formula is C18H20FN. The van der Waals surface area contributed by atoms with Gasteiger partial charge in [0.2, 0.25) is 0 Å². The van der Waals surface area contributed by atoms with Gasteiger partial charge in [0.05, 0.1) is 0 Å². The van der Waals surface area contributed by atoms with Crippen LogP contribution in [-0.4, -0.2) is 13.1 Å². The van der Waals surface area contributed by atoms with Gasteiger partial charge in [0.25, 0.3) is 0 Å². The summed E-state index contributed by atoms with van der Waals surface area (Å²) in [4.78, 5) is 0. The molecule has 1 heterocycles. The molecule has 104 valence electrons. The fourth-order valence-corrected chi connectivity index (χ4v) is 3.23. The molecule has 1 aliphatic heterocycles. The Balaban J connectivity index is 1.96. The Morgan fingerprint density at radius 1 is 0.950 bits per heavy atom. The van der Waals surface area contributed by atoms with Crippen molar-refractivity contribution in [2.75, 3.05) is 13.1 Å². The summed E-state index contributed by atoms with van der Waals surface area (Å²) in [7, 11) is 0. The highest BCUT2D eigenvalue weighted by atomic mass is 19.1. The third kappa shape index (κ3) is 2.91. The molecule has 0 saturated carbocycles. The number of hydrogen-bond acceptors (Lipinski definition) is 1. The zero-order valence-corrected chi connectivity index (χ0v) is 11.6. The van der Waals surface area contributed by atoms with E-state index in [1.54, 1.807) is 12.1 Å². The Bertz CT molecular complexity index is 529. The van der Waals surface area contributed by atoms with Gasteiger partial charge in [-0.25, -0.2) is 4.39 Å². The number of nitrogens with one attached hydrogen (secondary N) is 1. The molecule has 1 nitrogen and oxygen atoms in total. The highest BCUT2D eigenvalue weighted by Gasteiger charge is 2.26. The number of halogens is 1. The zero-order chi connectivity index (χ0) is 13.8. The Kier molecular flexibility index (Phi) is 4.12. The van der Waals surface area contributed by atoms with Crippen LogP contribution in [0.5, 0.6) is 0 Å². The smallest absolute Gasteiger partial charge is 0.123 e. The Labute approximate surface area is 119 Å². The maximum atomic E-state index is 13.2. The van der Waals surface area contributed by atoms with Gasteiger partial charge in [-0.2, -0.15) is 0 Å². The van der Waals surface area contributed by atoms with E-state index in [2.05, 4.69) is 29.6 Å². The number of hydrogen-bond donors (Lipinski definition) is 1. The van der Waals surface area contributed by atoms with E-state index in [4.69, 9.17) is 0 Å². The largest absolute Gasteiger partial charge is 0.316 e. The molecule has 2 heteroatoms. The lowest BCUT2D eigenvalue weighted by atomic mass is 9.77. The van der Waals surface area contributed by atoms with Gasteiger partial charge in [0.1, 0.15) is 5.82 Å². The molecule has 2 atom stereocenters.